The van der Waals surface area contributed by atoms with Gasteiger partial charge < -0.3 is 9.88 Å². The van der Waals surface area contributed by atoms with Crippen molar-refractivity contribution >= 4 is 35.0 Å². The van der Waals surface area contributed by atoms with E-state index in [2.05, 4.69) is 26.7 Å². The third-order valence-electron chi connectivity index (χ3n) is 7.26. The van der Waals surface area contributed by atoms with Crippen LogP contribution in [0.2, 0.25) is 5.02 Å². The fourth-order valence-corrected chi connectivity index (χ4v) is 7.46. The van der Waals surface area contributed by atoms with E-state index < -0.39 is 0 Å². The van der Waals surface area contributed by atoms with E-state index in [0.29, 0.717) is 17.0 Å². The highest BCUT2D eigenvalue weighted by Gasteiger charge is 2.51. The van der Waals surface area contributed by atoms with Gasteiger partial charge in [-0.25, -0.2) is 0 Å². The Kier molecular flexibility index (Phi) is 5.86. The maximum atomic E-state index is 12.4. The zero-order valence-electron chi connectivity index (χ0n) is 17.7. The van der Waals surface area contributed by atoms with E-state index in [1.54, 1.807) is 24.3 Å². The van der Waals surface area contributed by atoms with Crippen molar-refractivity contribution in [1.82, 2.24) is 14.8 Å². The molecule has 5 nitrogen and oxygen atoms in total. The van der Waals surface area contributed by atoms with Crippen molar-refractivity contribution in [3.8, 4) is 0 Å². The number of carbonyl (C=O) groups is 1. The number of amides is 1. The Hall–Kier alpha value is -1.79. The van der Waals surface area contributed by atoms with Gasteiger partial charge in [0.05, 0.1) is 5.75 Å². The molecule has 0 radical (unpaired) electrons. The van der Waals surface area contributed by atoms with Crippen LogP contribution in [0.15, 0.2) is 42.1 Å². The monoisotopic (exact) mass is 456 g/mol. The number of nitrogens with one attached hydrogen (secondary N) is 1. The molecule has 0 atom stereocenters. The number of nitrogens with zero attached hydrogens (tertiary/aromatic N) is 3. The molecule has 4 saturated carbocycles. The smallest absolute Gasteiger partial charge is 0.234 e. The quantitative estimate of drug-likeness (QED) is 0.414. The molecule has 6 rings (SSSR count). The molecule has 4 aliphatic rings. The highest BCUT2D eigenvalue weighted by atomic mass is 35.5. The topological polar surface area (TPSA) is 59.8 Å². The standard InChI is InChI=1S/C24H29ClN4OS/c1-2-7-29-21(14-24-11-16-8-17(12-24)10-18(9-16)13-24)27-28-23(29)31-15-22(30)26-20-5-3-19(25)4-6-20/h2-6,16-18H,1,7-15H2,(H,26,30). The molecule has 4 bridgehead atoms. The lowest BCUT2D eigenvalue weighted by Gasteiger charge is -2.56. The Balaban J connectivity index is 1.25. The van der Waals surface area contributed by atoms with E-state index in [1.807, 2.05) is 6.08 Å². The lowest BCUT2D eigenvalue weighted by Crippen LogP contribution is -2.47. The lowest BCUT2D eigenvalue weighted by atomic mass is 9.49. The second-order valence-corrected chi connectivity index (χ2v) is 11.1. The zero-order valence-corrected chi connectivity index (χ0v) is 19.3. The minimum atomic E-state index is -0.0666. The molecule has 4 fully saturated rings. The van der Waals surface area contributed by atoms with Crippen LogP contribution in [0.5, 0.6) is 0 Å². The number of allylic oxidation sites excluding steroid dienone is 1. The van der Waals surface area contributed by atoms with Crippen LogP contribution in [0.3, 0.4) is 0 Å². The van der Waals surface area contributed by atoms with Crippen LogP contribution in [-0.4, -0.2) is 26.4 Å². The van der Waals surface area contributed by atoms with Gasteiger partial charge in [-0.15, -0.1) is 16.8 Å². The van der Waals surface area contributed by atoms with Crippen LogP contribution >= 0.6 is 23.4 Å². The van der Waals surface area contributed by atoms with Gasteiger partial charge in [-0.3, -0.25) is 4.79 Å². The van der Waals surface area contributed by atoms with E-state index in [-0.39, 0.29) is 11.7 Å². The molecule has 2 aromatic rings. The average molecular weight is 457 g/mol. The van der Waals surface area contributed by atoms with Gasteiger partial charge in [-0.05, 0) is 86.0 Å². The Morgan fingerprint density at radius 1 is 1.16 bits per heavy atom. The third-order valence-corrected chi connectivity index (χ3v) is 8.48. The SMILES string of the molecule is C=CCn1c(CC23CC4CC(CC(C4)C2)C3)nnc1SCC(=O)Nc1ccc(Cl)cc1. The van der Waals surface area contributed by atoms with Crippen LogP contribution in [0.1, 0.15) is 44.3 Å². The number of halogens is 1. The molecule has 1 N–H and O–H groups in total. The van der Waals surface area contributed by atoms with Crippen LogP contribution in [-0.2, 0) is 17.8 Å². The predicted molar refractivity (Wildman–Crippen MR) is 125 cm³/mol. The molecule has 1 aromatic heterocycles. The van der Waals surface area contributed by atoms with Crippen LogP contribution in [0.25, 0.3) is 0 Å². The molecule has 0 unspecified atom stereocenters. The van der Waals surface area contributed by atoms with Gasteiger partial charge in [0.25, 0.3) is 0 Å². The van der Waals surface area contributed by atoms with Crippen molar-refractivity contribution in [3.05, 3.63) is 47.8 Å². The normalized spacial score (nSPS) is 28.6. The Labute approximate surface area is 193 Å². The van der Waals surface area contributed by atoms with Crippen LogP contribution in [0.4, 0.5) is 5.69 Å². The molecule has 31 heavy (non-hydrogen) atoms. The highest BCUT2D eigenvalue weighted by molar-refractivity contribution is 7.99. The average Bonchev–Trinajstić information content (AvgIpc) is 3.08. The summed E-state index contributed by atoms with van der Waals surface area (Å²) >= 11 is 7.34. The summed E-state index contributed by atoms with van der Waals surface area (Å²) in [6.45, 7) is 4.60. The maximum Gasteiger partial charge on any atom is 0.234 e. The number of aromatic nitrogens is 3. The maximum absolute atomic E-state index is 12.4. The van der Waals surface area contributed by atoms with Crippen molar-refractivity contribution in [1.29, 1.82) is 0 Å². The van der Waals surface area contributed by atoms with E-state index in [4.69, 9.17) is 11.6 Å². The van der Waals surface area contributed by atoms with Crippen LogP contribution in [0, 0.1) is 23.2 Å². The summed E-state index contributed by atoms with van der Waals surface area (Å²) < 4.78 is 2.16. The minimum absolute atomic E-state index is 0.0666. The fraction of sp³-hybridized carbons (Fsp3) is 0.542. The van der Waals surface area contributed by atoms with E-state index in [1.165, 1.54) is 50.3 Å². The molecule has 1 heterocycles. The van der Waals surface area contributed by atoms with Crippen molar-refractivity contribution in [2.24, 2.45) is 23.2 Å². The number of hydrogen-bond donors (Lipinski definition) is 1. The van der Waals surface area contributed by atoms with Crippen molar-refractivity contribution in [2.45, 2.75) is 56.6 Å². The molecule has 0 spiro atoms. The minimum Gasteiger partial charge on any atom is -0.325 e. The molecule has 0 aliphatic heterocycles. The summed E-state index contributed by atoms with van der Waals surface area (Å²) in [6.07, 6.45) is 11.3. The summed E-state index contributed by atoms with van der Waals surface area (Å²) in [5, 5.41) is 13.4. The molecule has 0 saturated heterocycles. The van der Waals surface area contributed by atoms with Crippen LogP contribution < -0.4 is 5.32 Å². The fourth-order valence-electron chi connectivity index (χ4n) is 6.57. The summed E-state index contributed by atoms with van der Waals surface area (Å²) in [5.41, 5.74) is 1.15. The second kappa shape index (κ2) is 8.62. The first-order chi connectivity index (χ1) is 15.0. The summed E-state index contributed by atoms with van der Waals surface area (Å²) in [5.74, 6) is 4.05. The van der Waals surface area contributed by atoms with E-state index in [0.717, 1.165) is 40.8 Å². The highest BCUT2D eigenvalue weighted by Crippen LogP contribution is 2.61. The molecular weight excluding hydrogens is 428 g/mol. The Morgan fingerprint density at radius 2 is 1.81 bits per heavy atom. The van der Waals surface area contributed by atoms with Gasteiger partial charge in [0.1, 0.15) is 5.82 Å². The summed E-state index contributed by atoms with van der Waals surface area (Å²) in [7, 11) is 0. The number of benzene rings is 1. The van der Waals surface area contributed by atoms with Gasteiger partial charge in [0.15, 0.2) is 5.16 Å². The molecular formula is C24H29ClN4OS. The predicted octanol–water partition coefficient (Wildman–Crippen LogP) is 5.61. The molecule has 1 aromatic carbocycles. The molecule has 164 valence electrons. The van der Waals surface area contributed by atoms with Gasteiger partial charge in [-0.1, -0.05) is 29.4 Å². The molecule has 1 amide bonds. The lowest BCUT2D eigenvalue weighted by molar-refractivity contribution is -0.113. The first kappa shape index (κ1) is 21.1. The van der Waals surface area contributed by atoms with Gasteiger partial charge in [0, 0.05) is 23.7 Å². The largest absolute Gasteiger partial charge is 0.325 e. The second-order valence-electron chi connectivity index (χ2n) is 9.74. The molecule has 7 heteroatoms. The first-order valence-electron chi connectivity index (χ1n) is 11.2. The summed E-state index contributed by atoms with van der Waals surface area (Å²) in [4.78, 5) is 12.4. The molecule has 4 aliphatic carbocycles. The zero-order chi connectivity index (χ0) is 21.4. The summed E-state index contributed by atoms with van der Waals surface area (Å²) in [6, 6.07) is 7.13. The number of carbonyl (C=O) groups excluding carboxylic acids is 1. The number of rotatable bonds is 8. The number of thioether (sulfide) groups is 1. The Morgan fingerprint density at radius 3 is 2.42 bits per heavy atom. The number of hydrogen-bond acceptors (Lipinski definition) is 4. The van der Waals surface area contributed by atoms with Gasteiger partial charge in [-0.2, -0.15) is 0 Å². The third kappa shape index (κ3) is 4.56. The van der Waals surface area contributed by atoms with Crippen molar-refractivity contribution < 1.29 is 4.79 Å². The van der Waals surface area contributed by atoms with Gasteiger partial charge >= 0.3 is 0 Å². The van der Waals surface area contributed by atoms with E-state index >= 15 is 0 Å². The van der Waals surface area contributed by atoms with E-state index in [9.17, 15) is 4.79 Å². The van der Waals surface area contributed by atoms with Crippen molar-refractivity contribution in [2.75, 3.05) is 11.1 Å². The number of anilines is 1. The Bertz CT molecular complexity index is 935. The van der Waals surface area contributed by atoms with Crippen molar-refractivity contribution in [3.63, 3.8) is 0 Å². The van der Waals surface area contributed by atoms with Gasteiger partial charge in [0.2, 0.25) is 5.91 Å². The first-order valence-corrected chi connectivity index (χ1v) is 12.6.